The summed E-state index contributed by atoms with van der Waals surface area (Å²) < 4.78 is 11.0. The normalized spacial score (nSPS) is 20.5. The number of methoxy groups -OCH3 is 2. The molecule has 0 spiro atoms. The number of ether oxygens (including phenoxy) is 2. The van der Waals surface area contributed by atoms with Gasteiger partial charge in [0.15, 0.2) is 6.67 Å². The smallest absolute Gasteiger partial charge is 0.263 e. The number of amides is 1. The molecule has 3 aromatic rings. The Labute approximate surface area is 170 Å². The monoisotopic (exact) mass is 389 g/mol. The molecular weight excluding hydrogens is 364 g/mol. The van der Waals surface area contributed by atoms with Crippen molar-refractivity contribution < 1.29 is 19.2 Å². The number of carbonyl (C=O) groups is 1. The molecular formula is C24H25N2O3+. The minimum atomic E-state index is 0.108. The van der Waals surface area contributed by atoms with Gasteiger partial charge < -0.3 is 14.4 Å². The molecule has 1 saturated heterocycles. The summed E-state index contributed by atoms with van der Waals surface area (Å²) >= 11 is 0. The number of likely N-dealkylation sites (tertiary alicyclic amines) is 1. The number of carbonyl (C=O) groups excluding carboxylic acids is 1. The number of quaternary nitrogens is 1. The summed E-state index contributed by atoms with van der Waals surface area (Å²) in [4.78, 5) is 16.5. The highest BCUT2D eigenvalue weighted by molar-refractivity contribution is 6.24. The first-order valence-corrected chi connectivity index (χ1v) is 10.1. The Morgan fingerprint density at radius 1 is 1.07 bits per heavy atom. The van der Waals surface area contributed by atoms with E-state index in [0.717, 1.165) is 52.9 Å². The number of hydrogen-bond acceptors (Lipinski definition) is 3. The molecule has 29 heavy (non-hydrogen) atoms. The average molecular weight is 389 g/mol. The highest BCUT2D eigenvalue weighted by Crippen LogP contribution is 2.37. The van der Waals surface area contributed by atoms with Gasteiger partial charge in [-0.1, -0.05) is 24.3 Å². The maximum Gasteiger partial charge on any atom is 0.263 e. The molecule has 0 radical (unpaired) electrons. The minimum Gasteiger partial charge on any atom is -0.497 e. The maximum atomic E-state index is 13.2. The summed E-state index contributed by atoms with van der Waals surface area (Å²) in [6.07, 6.45) is 2.21. The van der Waals surface area contributed by atoms with Crippen LogP contribution in [0.15, 0.2) is 54.6 Å². The van der Waals surface area contributed by atoms with Gasteiger partial charge in [0, 0.05) is 24.3 Å². The van der Waals surface area contributed by atoms with Gasteiger partial charge in [-0.25, -0.2) is 0 Å². The van der Waals surface area contributed by atoms with Crippen LogP contribution >= 0.6 is 0 Å². The van der Waals surface area contributed by atoms with Crippen LogP contribution in [0, 0.1) is 0 Å². The number of nitrogens with zero attached hydrogens (tertiary/aromatic N) is 1. The Morgan fingerprint density at radius 3 is 2.69 bits per heavy atom. The molecule has 0 aromatic heterocycles. The topological polar surface area (TPSA) is 43.2 Å². The lowest BCUT2D eigenvalue weighted by Crippen LogP contribution is -3.12. The fraction of sp³-hybridized carbons (Fsp3) is 0.292. The van der Waals surface area contributed by atoms with Crippen molar-refractivity contribution in [2.75, 3.05) is 32.3 Å². The first-order valence-electron chi connectivity index (χ1n) is 10.1. The van der Waals surface area contributed by atoms with Crippen molar-refractivity contribution in [3.05, 3.63) is 65.7 Å². The van der Waals surface area contributed by atoms with Crippen LogP contribution in [0.1, 0.15) is 34.8 Å². The van der Waals surface area contributed by atoms with Crippen LogP contribution < -0.4 is 19.3 Å². The second-order valence-electron chi connectivity index (χ2n) is 7.78. The van der Waals surface area contributed by atoms with Gasteiger partial charge in [-0.05, 0) is 29.7 Å². The zero-order valence-electron chi connectivity index (χ0n) is 16.8. The van der Waals surface area contributed by atoms with Crippen molar-refractivity contribution in [2.45, 2.75) is 18.9 Å². The molecule has 148 valence electrons. The van der Waals surface area contributed by atoms with Crippen LogP contribution in [0.2, 0.25) is 0 Å². The van der Waals surface area contributed by atoms with E-state index >= 15 is 0 Å². The van der Waals surface area contributed by atoms with Gasteiger partial charge in [0.05, 0.1) is 37.6 Å². The maximum absolute atomic E-state index is 13.2. The van der Waals surface area contributed by atoms with Gasteiger partial charge in [0.2, 0.25) is 0 Å². The van der Waals surface area contributed by atoms with Crippen molar-refractivity contribution in [2.24, 2.45) is 0 Å². The summed E-state index contributed by atoms with van der Waals surface area (Å²) in [6.45, 7) is 1.70. The Kier molecular flexibility index (Phi) is 4.40. The van der Waals surface area contributed by atoms with Gasteiger partial charge in [0.25, 0.3) is 5.91 Å². The Morgan fingerprint density at radius 2 is 1.90 bits per heavy atom. The van der Waals surface area contributed by atoms with Crippen LogP contribution in [0.4, 0.5) is 5.69 Å². The van der Waals surface area contributed by atoms with E-state index in [1.54, 1.807) is 14.2 Å². The van der Waals surface area contributed by atoms with Crippen LogP contribution in [0.25, 0.3) is 10.8 Å². The zero-order valence-corrected chi connectivity index (χ0v) is 16.8. The van der Waals surface area contributed by atoms with E-state index in [9.17, 15) is 4.79 Å². The molecule has 0 aliphatic carbocycles. The number of hydrogen-bond donors (Lipinski definition) is 1. The number of benzene rings is 3. The van der Waals surface area contributed by atoms with Gasteiger partial charge in [-0.3, -0.25) is 9.69 Å². The summed E-state index contributed by atoms with van der Waals surface area (Å²) in [5.41, 5.74) is 3.03. The predicted molar refractivity (Wildman–Crippen MR) is 113 cm³/mol. The molecule has 5 rings (SSSR count). The molecule has 1 N–H and O–H groups in total. The molecule has 1 unspecified atom stereocenters. The third-order valence-electron chi connectivity index (χ3n) is 6.31. The number of rotatable bonds is 5. The lowest BCUT2D eigenvalue weighted by atomic mass is 10.0. The Balaban J connectivity index is 1.47. The Bertz CT molecular complexity index is 1090. The first kappa shape index (κ1) is 18.0. The molecule has 5 nitrogen and oxygen atoms in total. The molecule has 1 fully saturated rings. The molecule has 1 amide bonds. The van der Waals surface area contributed by atoms with Crippen LogP contribution in [0.3, 0.4) is 0 Å². The van der Waals surface area contributed by atoms with Crippen LogP contribution in [-0.4, -0.2) is 33.3 Å². The average Bonchev–Trinajstić information content (AvgIpc) is 3.33. The van der Waals surface area contributed by atoms with E-state index in [2.05, 4.69) is 24.3 Å². The van der Waals surface area contributed by atoms with E-state index in [1.807, 2.05) is 35.2 Å². The summed E-state index contributed by atoms with van der Waals surface area (Å²) in [6, 6.07) is 18.5. The fourth-order valence-electron chi connectivity index (χ4n) is 4.92. The first-order chi connectivity index (χ1) is 14.2. The third kappa shape index (κ3) is 2.85. The molecule has 3 aromatic carbocycles. The molecule has 2 aliphatic rings. The van der Waals surface area contributed by atoms with Crippen LogP contribution in [-0.2, 0) is 0 Å². The van der Waals surface area contributed by atoms with Crippen molar-refractivity contribution in [3.8, 4) is 11.5 Å². The molecule has 5 heteroatoms. The number of nitrogens with one attached hydrogen (secondary N) is 1. The van der Waals surface area contributed by atoms with Gasteiger partial charge in [0.1, 0.15) is 17.5 Å². The largest absolute Gasteiger partial charge is 0.497 e. The Hall–Kier alpha value is -3.05. The quantitative estimate of drug-likeness (QED) is 0.729. The van der Waals surface area contributed by atoms with Gasteiger partial charge in [-0.2, -0.15) is 0 Å². The fourth-order valence-corrected chi connectivity index (χ4v) is 4.92. The van der Waals surface area contributed by atoms with E-state index in [-0.39, 0.29) is 5.91 Å². The lowest BCUT2D eigenvalue weighted by molar-refractivity contribution is -0.917. The summed E-state index contributed by atoms with van der Waals surface area (Å²) in [7, 11) is 3.37. The molecule has 2 atom stereocenters. The van der Waals surface area contributed by atoms with Crippen molar-refractivity contribution >= 4 is 22.4 Å². The van der Waals surface area contributed by atoms with E-state index in [0.29, 0.717) is 12.7 Å². The molecule has 2 aliphatic heterocycles. The van der Waals surface area contributed by atoms with Crippen LogP contribution in [0.5, 0.6) is 11.5 Å². The van der Waals surface area contributed by atoms with Crippen molar-refractivity contribution in [1.29, 1.82) is 0 Å². The summed E-state index contributed by atoms with van der Waals surface area (Å²) in [5.74, 6) is 1.76. The SMILES string of the molecule is COc1ccc([C@H]2CCC[NH+]2CN2C(=O)c3cccc4cccc2c34)c(OC)c1. The van der Waals surface area contributed by atoms with E-state index in [1.165, 1.54) is 10.5 Å². The van der Waals surface area contributed by atoms with Gasteiger partial charge >= 0.3 is 0 Å². The van der Waals surface area contributed by atoms with E-state index in [4.69, 9.17) is 9.47 Å². The minimum absolute atomic E-state index is 0.108. The number of anilines is 1. The predicted octanol–water partition coefficient (Wildman–Crippen LogP) is 3.19. The zero-order chi connectivity index (χ0) is 20.0. The van der Waals surface area contributed by atoms with Crippen molar-refractivity contribution in [1.82, 2.24) is 0 Å². The molecule has 0 bridgehead atoms. The second kappa shape index (κ2) is 7.08. The lowest BCUT2D eigenvalue weighted by Gasteiger charge is -2.28. The highest BCUT2D eigenvalue weighted by atomic mass is 16.5. The standard InChI is InChI=1S/C24H24N2O3/c1-28-17-11-12-18(22(14-17)29-2)20-10-5-13-25(20)15-26-21-9-4-7-16-6-3-8-19(23(16)21)24(26)27/h3-4,6-9,11-12,14,20H,5,10,13,15H2,1-2H3/p+1/t20-/m1/s1. The summed E-state index contributed by atoms with van der Waals surface area (Å²) in [5, 5.41) is 2.21. The molecule has 0 saturated carbocycles. The van der Waals surface area contributed by atoms with Gasteiger partial charge in [-0.15, -0.1) is 0 Å². The highest BCUT2D eigenvalue weighted by Gasteiger charge is 2.38. The van der Waals surface area contributed by atoms with E-state index < -0.39 is 0 Å². The van der Waals surface area contributed by atoms with Crippen molar-refractivity contribution in [3.63, 3.8) is 0 Å². The third-order valence-corrected chi connectivity index (χ3v) is 6.31. The second-order valence-corrected chi connectivity index (χ2v) is 7.78. The molecule has 2 heterocycles.